The highest BCUT2D eigenvalue weighted by Crippen LogP contribution is 2.13. The lowest BCUT2D eigenvalue weighted by molar-refractivity contribution is 0.0842. The highest BCUT2D eigenvalue weighted by molar-refractivity contribution is 5.28. The van der Waals surface area contributed by atoms with Crippen molar-refractivity contribution in [2.24, 2.45) is 5.73 Å². The summed E-state index contributed by atoms with van der Waals surface area (Å²) >= 11 is 0. The standard InChI is InChI=1S/C17H29N3O/c1-3-20-10-9-19(14-15(20)2)8-5-11-21-17-7-4-6-16(12-17)13-18/h4,6-7,12,15H,3,5,8-11,13-14,18H2,1-2H3. The summed E-state index contributed by atoms with van der Waals surface area (Å²) < 4.78 is 5.82. The van der Waals surface area contributed by atoms with Gasteiger partial charge in [0, 0.05) is 38.8 Å². The van der Waals surface area contributed by atoms with E-state index in [2.05, 4.69) is 23.6 Å². The predicted octanol–water partition coefficient (Wildman–Crippen LogP) is 1.94. The zero-order valence-electron chi connectivity index (χ0n) is 13.4. The Bertz CT molecular complexity index is 424. The Morgan fingerprint density at radius 3 is 2.90 bits per heavy atom. The van der Waals surface area contributed by atoms with E-state index in [4.69, 9.17) is 10.5 Å². The fourth-order valence-corrected chi connectivity index (χ4v) is 2.98. The maximum Gasteiger partial charge on any atom is 0.119 e. The van der Waals surface area contributed by atoms with Crippen LogP contribution in [0.2, 0.25) is 0 Å². The van der Waals surface area contributed by atoms with Gasteiger partial charge in [0.25, 0.3) is 0 Å². The first-order chi connectivity index (χ1) is 10.2. The first-order valence-electron chi connectivity index (χ1n) is 8.11. The van der Waals surface area contributed by atoms with Gasteiger partial charge in [-0.15, -0.1) is 0 Å². The highest BCUT2D eigenvalue weighted by Gasteiger charge is 2.21. The Morgan fingerprint density at radius 2 is 2.19 bits per heavy atom. The smallest absolute Gasteiger partial charge is 0.119 e. The van der Waals surface area contributed by atoms with Crippen molar-refractivity contribution in [3.05, 3.63) is 29.8 Å². The Kier molecular flexibility index (Phi) is 6.49. The second kappa shape index (κ2) is 8.37. The van der Waals surface area contributed by atoms with Gasteiger partial charge in [0.2, 0.25) is 0 Å². The van der Waals surface area contributed by atoms with Crippen LogP contribution in [-0.4, -0.2) is 55.2 Å². The molecular formula is C17H29N3O. The molecule has 1 fully saturated rings. The average molecular weight is 291 g/mol. The fraction of sp³-hybridized carbons (Fsp3) is 0.647. The summed E-state index contributed by atoms with van der Waals surface area (Å²) in [7, 11) is 0. The van der Waals surface area contributed by atoms with Gasteiger partial charge < -0.3 is 15.4 Å². The van der Waals surface area contributed by atoms with Crippen molar-refractivity contribution in [3.8, 4) is 5.75 Å². The second-order valence-corrected chi connectivity index (χ2v) is 5.83. The lowest BCUT2D eigenvalue weighted by Crippen LogP contribution is -2.51. The van der Waals surface area contributed by atoms with Crippen LogP contribution in [0, 0.1) is 0 Å². The maximum atomic E-state index is 5.82. The number of ether oxygens (including phenoxy) is 1. The Labute approximate surface area is 128 Å². The van der Waals surface area contributed by atoms with Crippen LogP contribution in [0.4, 0.5) is 0 Å². The normalized spacial score (nSPS) is 20.6. The SMILES string of the molecule is CCN1CCN(CCCOc2cccc(CN)c2)CC1C. The number of rotatable bonds is 7. The van der Waals surface area contributed by atoms with E-state index in [1.165, 1.54) is 19.6 Å². The van der Waals surface area contributed by atoms with E-state index in [9.17, 15) is 0 Å². The zero-order valence-corrected chi connectivity index (χ0v) is 13.4. The summed E-state index contributed by atoms with van der Waals surface area (Å²) in [4.78, 5) is 5.10. The van der Waals surface area contributed by atoms with Crippen LogP contribution >= 0.6 is 0 Å². The van der Waals surface area contributed by atoms with Crippen LogP contribution in [0.1, 0.15) is 25.8 Å². The summed E-state index contributed by atoms with van der Waals surface area (Å²) in [6.45, 7) is 11.7. The van der Waals surface area contributed by atoms with Crippen molar-refractivity contribution in [1.29, 1.82) is 0 Å². The van der Waals surface area contributed by atoms with E-state index >= 15 is 0 Å². The van der Waals surface area contributed by atoms with Gasteiger partial charge in [-0.25, -0.2) is 0 Å². The van der Waals surface area contributed by atoms with Gasteiger partial charge >= 0.3 is 0 Å². The molecule has 2 rings (SSSR count). The summed E-state index contributed by atoms with van der Waals surface area (Å²) in [6, 6.07) is 8.74. The molecule has 1 aromatic rings. The van der Waals surface area contributed by atoms with Crippen molar-refractivity contribution < 1.29 is 4.74 Å². The molecule has 0 bridgehead atoms. The summed E-state index contributed by atoms with van der Waals surface area (Å²) in [5.41, 5.74) is 6.76. The van der Waals surface area contributed by atoms with Crippen LogP contribution in [0.5, 0.6) is 5.75 Å². The lowest BCUT2D eigenvalue weighted by atomic mass is 10.2. The molecule has 0 aliphatic carbocycles. The number of piperazine rings is 1. The molecule has 1 aliphatic rings. The molecule has 0 spiro atoms. The Balaban J connectivity index is 1.66. The lowest BCUT2D eigenvalue weighted by Gasteiger charge is -2.39. The highest BCUT2D eigenvalue weighted by atomic mass is 16.5. The van der Waals surface area contributed by atoms with Gasteiger partial charge in [-0.1, -0.05) is 19.1 Å². The third-order valence-corrected chi connectivity index (χ3v) is 4.28. The van der Waals surface area contributed by atoms with Crippen molar-refractivity contribution >= 4 is 0 Å². The minimum atomic E-state index is 0.566. The first kappa shape index (κ1) is 16.3. The largest absolute Gasteiger partial charge is 0.494 e. The Morgan fingerprint density at radius 1 is 1.33 bits per heavy atom. The first-order valence-corrected chi connectivity index (χ1v) is 8.11. The molecule has 118 valence electrons. The summed E-state index contributed by atoms with van der Waals surface area (Å²) in [5.74, 6) is 0.933. The molecule has 1 aliphatic heterocycles. The molecule has 1 atom stereocenters. The molecule has 1 unspecified atom stereocenters. The van der Waals surface area contributed by atoms with E-state index in [-0.39, 0.29) is 0 Å². The van der Waals surface area contributed by atoms with Crippen LogP contribution in [0.3, 0.4) is 0 Å². The van der Waals surface area contributed by atoms with Gasteiger partial charge in [0.1, 0.15) is 5.75 Å². The third-order valence-electron chi connectivity index (χ3n) is 4.28. The Hall–Kier alpha value is -1.10. The van der Waals surface area contributed by atoms with Crippen LogP contribution in [0.15, 0.2) is 24.3 Å². The van der Waals surface area contributed by atoms with Crippen molar-refractivity contribution in [1.82, 2.24) is 9.80 Å². The molecule has 1 saturated heterocycles. The van der Waals surface area contributed by atoms with Crippen molar-refractivity contribution in [3.63, 3.8) is 0 Å². The number of likely N-dealkylation sites (N-methyl/N-ethyl adjacent to an activating group) is 1. The van der Waals surface area contributed by atoms with Gasteiger partial charge in [0.15, 0.2) is 0 Å². The van der Waals surface area contributed by atoms with E-state index in [1.54, 1.807) is 0 Å². The summed E-state index contributed by atoms with van der Waals surface area (Å²) in [5, 5.41) is 0. The van der Waals surface area contributed by atoms with Crippen LogP contribution < -0.4 is 10.5 Å². The molecule has 21 heavy (non-hydrogen) atoms. The molecule has 4 heteroatoms. The van der Waals surface area contributed by atoms with Gasteiger partial charge in [-0.2, -0.15) is 0 Å². The topological polar surface area (TPSA) is 41.7 Å². The van der Waals surface area contributed by atoms with Gasteiger partial charge in [0.05, 0.1) is 6.61 Å². The molecule has 0 saturated carbocycles. The van der Waals surface area contributed by atoms with E-state index < -0.39 is 0 Å². The predicted molar refractivity (Wildman–Crippen MR) is 87.6 cm³/mol. The van der Waals surface area contributed by atoms with Gasteiger partial charge in [-0.3, -0.25) is 4.90 Å². The molecule has 0 radical (unpaired) electrons. The molecular weight excluding hydrogens is 262 g/mol. The van der Waals surface area contributed by atoms with E-state index in [1.807, 2.05) is 24.3 Å². The minimum Gasteiger partial charge on any atom is -0.494 e. The molecule has 0 aromatic heterocycles. The fourth-order valence-electron chi connectivity index (χ4n) is 2.98. The van der Waals surface area contributed by atoms with Crippen LogP contribution in [0.25, 0.3) is 0 Å². The number of nitrogens with zero attached hydrogens (tertiary/aromatic N) is 2. The maximum absolute atomic E-state index is 5.82. The second-order valence-electron chi connectivity index (χ2n) is 5.83. The van der Waals surface area contributed by atoms with Crippen molar-refractivity contribution in [2.45, 2.75) is 32.9 Å². The van der Waals surface area contributed by atoms with Gasteiger partial charge in [-0.05, 0) is 37.6 Å². The molecule has 1 heterocycles. The quantitative estimate of drug-likeness (QED) is 0.780. The third kappa shape index (κ3) is 4.99. The minimum absolute atomic E-state index is 0.566. The van der Waals surface area contributed by atoms with E-state index in [0.29, 0.717) is 12.6 Å². The monoisotopic (exact) mass is 291 g/mol. The zero-order chi connectivity index (χ0) is 15.1. The van der Waals surface area contributed by atoms with Crippen molar-refractivity contribution in [2.75, 3.05) is 39.3 Å². The van der Waals surface area contributed by atoms with Crippen LogP contribution in [-0.2, 0) is 6.54 Å². The molecule has 1 aromatic carbocycles. The molecule has 2 N–H and O–H groups in total. The molecule has 0 amide bonds. The average Bonchev–Trinajstić information content (AvgIpc) is 2.52. The number of hydrogen-bond acceptors (Lipinski definition) is 4. The summed E-state index contributed by atoms with van der Waals surface area (Å²) in [6.07, 6.45) is 1.08. The molecule has 4 nitrogen and oxygen atoms in total. The number of hydrogen-bond donors (Lipinski definition) is 1. The number of nitrogens with two attached hydrogens (primary N) is 1. The number of benzene rings is 1. The van der Waals surface area contributed by atoms with E-state index in [0.717, 1.165) is 37.4 Å².